The van der Waals surface area contributed by atoms with E-state index in [0.717, 1.165) is 31.7 Å². The summed E-state index contributed by atoms with van der Waals surface area (Å²) in [7, 11) is 0. The minimum absolute atomic E-state index is 0.125. The Labute approximate surface area is 124 Å². The first kappa shape index (κ1) is 12.7. The van der Waals surface area contributed by atoms with Gasteiger partial charge in [0.1, 0.15) is 11.4 Å². The second-order valence-corrected chi connectivity index (χ2v) is 6.00. The highest BCUT2D eigenvalue weighted by atomic mass is 16.2. The molecule has 1 N–H and O–H groups in total. The van der Waals surface area contributed by atoms with Gasteiger partial charge in [-0.1, -0.05) is 29.9 Å². The molecule has 1 unspecified atom stereocenters. The lowest BCUT2D eigenvalue weighted by Gasteiger charge is -2.43. The number of allylic oxidation sites excluding steroid dienone is 4. The molecule has 4 heteroatoms. The summed E-state index contributed by atoms with van der Waals surface area (Å²) in [6.07, 6.45) is 11.6. The van der Waals surface area contributed by atoms with E-state index in [1.54, 1.807) is 0 Å². The van der Waals surface area contributed by atoms with Crippen molar-refractivity contribution in [2.45, 2.75) is 25.6 Å². The van der Waals surface area contributed by atoms with Crippen LogP contribution in [0.2, 0.25) is 0 Å². The molecule has 4 rings (SSSR count). The summed E-state index contributed by atoms with van der Waals surface area (Å²) in [6, 6.07) is 3.86. The molecule has 0 radical (unpaired) electrons. The number of rotatable bonds is 1. The van der Waals surface area contributed by atoms with E-state index in [2.05, 4.69) is 41.1 Å². The molecule has 3 heterocycles. The molecule has 1 aromatic rings. The maximum atomic E-state index is 12.8. The third-order valence-electron chi connectivity index (χ3n) is 4.68. The van der Waals surface area contributed by atoms with E-state index in [1.165, 1.54) is 11.1 Å². The average Bonchev–Trinajstić information content (AvgIpc) is 3.04. The molecule has 4 nitrogen and oxygen atoms in total. The quantitative estimate of drug-likeness (QED) is 0.855. The van der Waals surface area contributed by atoms with E-state index in [0.29, 0.717) is 0 Å². The van der Waals surface area contributed by atoms with Crippen molar-refractivity contribution < 1.29 is 4.79 Å². The molecule has 0 aromatic carbocycles. The number of hydrogen-bond donors (Lipinski definition) is 1. The van der Waals surface area contributed by atoms with Gasteiger partial charge in [0.15, 0.2) is 0 Å². The molecule has 2 aliphatic heterocycles. The van der Waals surface area contributed by atoms with Gasteiger partial charge in [0.05, 0.1) is 6.54 Å². The molecular weight excluding hydrogens is 262 g/mol. The summed E-state index contributed by atoms with van der Waals surface area (Å²) in [5, 5.41) is 3.59. The van der Waals surface area contributed by atoms with Gasteiger partial charge >= 0.3 is 0 Å². The Kier molecular flexibility index (Phi) is 2.69. The number of nitrogens with zero attached hydrogens (tertiary/aromatic N) is 2. The van der Waals surface area contributed by atoms with E-state index < -0.39 is 5.66 Å². The zero-order chi connectivity index (χ0) is 14.4. The molecule has 1 amide bonds. The fraction of sp³-hybridized carbons (Fsp3) is 0.353. The molecule has 0 bridgehead atoms. The van der Waals surface area contributed by atoms with Gasteiger partial charge in [-0.3, -0.25) is 10.1 Å². The van der Waals surface area contributed by atoms with Crippen LogP contribution in [0.15, 0.2) is 53.8 Å². The topological polar surface area (TPSA) is 37.3 Å². The Morgan fingerprint density at radius 1 is 1.38 bits per heavy atom. The summed E-state index contributed by atoms with van der Waals surface area (Å²) in [5.74, 6) is 0.125. The van der Waals surface area contributed by atoms with Gasteiger partial charge in [-0.2, -0.15) is 0 Å². The lowest BCUT2D eigenvalue weighted by Crippen LogP contribution is -2.60. The summed E-state index contributed by atoms with van der Waals surface area (Å²) in [6.45, 7) is 4.52. The predicted octanol–water partition coefficient (Wildman–Crippen LogP) is 2.08. The fourth-order valence-corrected chi connectivity index (χ4v) is 3.59. The van der Waals surface area contributed by atoms with Gasteiger partial charge in [0.25, 0.3) is 5.91 Å². The standard InChI is InChI=1S/C17H19N3O/c1-13-4-2-5-14(8-7-13)17-12-19-10-3-6-15(19)16(21)20(17)11-9-18-17/h2-6,8,10,18H,7,9,11-12H2,1H3. The first-order valence-electron chi connectivity index (χ1n) is 7.47. The van der Waals surface area contributed by atoms with Crippen molar-refractivity contribution in [3.05, 3.63) is 59.5 Å². The molecule has 1 atom stereocenters. The number of hydrogen-bond acceptors (Lipinski definition) is 2. The van der Waals surface area contributed by atoms with Crippen LogP contribution >= 0.6 is 0 Å². The van der Waals surface area contributed by atoms with Gasteiger partial charge in [-0.25, -0.2) is 0 Å². The molecule has 108 valence electrons. The second kappa shape index (κ2) is 4.46. The smallest absolute Gasteiger partial charge is 0.272 e. The van der Waals surface area contributed by atoms with E-state index in [1.807, 2.05) is 23.2 Å². The summed E-state index contributed by atoms with van der Waals surface area (Å²) >= 11 is 0. The van der Waals surface area contributed by atoms with Gasteiger partial charge in [0, 0.05) is 19.3 Å². The lowest BCUT2D eigenvalue weighted by atomic mass is 9.94. The first-order chi connectivity index (χ1) is 10.2. The maximum absolute atomic E-state index is 12.8. The number of carbonyl (C=O) groups excluding carboxylic acids is 1. The summed E-state index contributed by atoms with van der Waals surface area (Å²) in [4.78, 5) is 14.8. The Morgan fingerprint density at radius 2 is 2.29 bits per heavy atom. The molecule has 1 aromatic heterocycles. The van der Waals surface area contributed by atoms with Crippen LogP contribution in [-0.2, 0) is 6.54 Å². The third-order valence-corrected chi connectivity index (χ3v) is 4.68. The van der Waals surface area contributed by atoms with Gasteiger partial charge in [0.2, 0.25) is 0 Å². The number of nitrogens with one attached hydrogen (secondary N) is 1. The van der Waals surface area contributed by atoms with Crippen molar-refractivity contribution in [1.82, 2.24) is 14.8 Å². The van der Waals surface area contributed by atoms with Gasteiger partial charge in [-0.15, -0.1) is 0 Å². The van der Waals surface area contributed by atoms with Crippen molar-refractivity contribution in [3.63, 3.8) is 0 Å². The monoisotopic (exact) mass is 281 g/mol. The second-order valence-electron chi connectivity index (χ2n) is 6.00. The highest BCUT2D eigenvalue weighted by Gasteiger charge is 2.49. The van der Waals surface area contributed by atoms with Crippen molar-refractivity contribution in [1.29, 1.82) is 0 Å². The zero-order valence-electron chi connectivity index (χ0n) is 12.2. The van der Waals surface area contributed by atoms with Gasteiger partial charge in [-0.05, 0) is 31.1 Å². The van der Waals surface area contributed by atoms with Crippen LogP contribution < -0.4 is 5.32 Å². The average molecular weight is 281 g/mol. The number of amides is 1. The van der Waals surface area contributed by atoms with E-state index in [-0.39, 0.29) is 5.91 Å². The van der Waals surface area contributed by atoms with Crippen molar-refractivity contribution in [2.24, 2.45) is 0 Å². The van der Waals surface area contributed by atoms with Crippen LogP contribution in [0.4, 0.5) is 0 Å². The molecule has 0 saturated carbocycles. The summed E-state index contributed by atoms with van der Waals surface area (Å²) < 4.78 is 2.07. The number of carbonyl (C=O) groups is 1. The molecular formula is C17H19N3O. The normalized spacial score (nSPS) is 27.9. The van der Waals surface area contributed by atoms with E-state index in [4.69, 9.17) is 0 Å². The highest BCUT2D eigenvalue weighted by Crippen LogP contribution is 2.35. The van der Waals surface area contributed by atoms with Crippen molar-refractivity contribution in [3.8, 4) is 0 Å². The van der Waals surface area contributed by atoms with Crippen molar-refractivity contribution in [2.75, 3.05) is 13.1 Å². The minimum atomic E-state index is -0.391. The first-order valence-corrected chi connectivity index (χ1v) is 7.47. The Bertz CT molecular complexity index is 695. The Morgan fingerprint density at radius 3 is 3.19 bits per heavy atom. The Balaban J connectivity index is 1.81. The van der Waals surface area contributed by atoms with Crippen LogP contribution in [0.25, 0.3) is 0 Å². The third kappa shape index (κ3) is 1.75. The molecule has 21 heavy (non-hydrogen) atoms. The van der Waals surface area contributed by atoms with Crippen LogP contribution in [0.3, 0.4) is 0 Å². The number of fused-ring (bicyclic) bond motifs is 2. The van der Waals surface area contributed by atoms with Crippen LogP contribution in [0.1, 0.15) is 23.8 Å². The molecule has 0 spiro atoms. The molecule has 1 fully saturated rings. The van der Waals surface area contributed by atoms with Crippen LogP contribution in [0, 0.1) is 0 Å². The molecule has 1 saturated heterocycles. The van der Waals surface area contributed by atoms with Crippen LogP contribution in [-0.4, -0.2) is 34.1 Å². The SMILES string of the molecule is CC1=CC=CC(C23Cn4cccc4C(=O)N2CCN3)=CC1. The Hall–Kier alpha value is -2.07. The molecule has 1 aliphatic carbocycles. The largest absolute Gasteiger partial charge is 0.339 e. The fourth-order valence-electron chi connectivity index (χ4n) is 3.59. The van der Waals surface area contributed by atoms with Crippen molar-refractivity contribution >= 4 is 5.91 Å². The minimum Gasteiger partial charge on any atom is -0.339 e. The maximum Gasteiger partial charge on any atom is 0.272 e. The number of aromatic nitrogens is 1. The van der Waals surface area contributed by atoms with E-state index in [9.17, 15) is 4.79 Å². The zero-order valence-corrected chi connectivity index (χ0v) is 12.2. The van der Waals surface area contributed by atoms with Crippen LogP contribution in [0.5, 0.6) is 0 Å². The molecule has 3 aliphatic rings. The van der Waals surface area contributed by atoms with E-state index >= 15 is 0 Å². The van der Waals surface area contributed by atoms with Gasteiger partial charge < -0.3 is 9.47 Å². The lowest BCUT2D eigenvalue weighted by molar-refractivity contribution is 0.0516. The summed E-state index contributed by atoms with van der Waals surface area (Å²) in [5.41, 5.74) is 2.94. The predicted molar refractivity (Wildman–Crippen MR) is 81.8 cm³/mol. The highest BCUT2D eigenvalue weighted by molar-refractivity contribution is 5.94.